The molecule has 1 amide bonds. The number of hydrogen-bond donors (Lipinski definition) is 3. The molecule has 0 aromatic rings. The second-order valence-corrected chi connectivity index (χ2v) is 18.6. The largest absolute Gasteiger partial charge is 0.472 e. The van der Waals surface area contributed by atoms with Crippen molar-refractivity contribution < 1.29 is 32.9 Å². The minimum Gasteiger partial charge on any atom is -0.391 e. The molecule has 0 rings (SSSR count). The maximum atomic E-state index is 12.9. The summed E-state index contributed by atoms with van der Waals surface area (Å²) in [6.07, 6.45) is 57.6. The Bertz CT molecular complexity index is 1250. The van der Waals surface area contributed by atoms with E-state index < -0.39 is 20.0 Å². The van der Waals surface area contributed by atoms with Gasteiger partial charge < -0.3 is 19.8 Å². The second-order valence-electron chi connectivity index (χ2n) is 17.1. The van der Waals surface area contributed by atoms with Crippen molar-refractivity contribution in [1.29, 1.82) is 0 Å². The predicted octanol–water partition coefficient (Wildman–Crippen LogP) is 13.7. The zero-order chi connectivity index (χ0) is 44.3. The molecule has 0 saturated carbocycles. The highest BCUT2D eigenvalue weighted by molar-refractivity contribution is 7.47. The number of quaternary nitrogens is 1. The fourth-order valence-corrected chi connectivity index (χ4v) is 7.11. The number of allylic oxidation sites excluding steroid dienone is 14. The maximum absolute atomic E-state index is 12.9. The Balaban J connectivity index is 4.29. The number of unbranched alkanes of at least 4 members (excludes halogenated alkanes) is 15. The average Bonchev–Trinajstić information content (AvgIpc) is 3.20. The van der Waals surface area contributed by atoms with E-state index in [2.05, 4.69) is 104 Å². The van der Waals surface area contributed by atoms with E-state index in [1.807, 2.05) is 21.1 Å². The van der Waals surface area contributed by atoms with Crippen molar-refractivity contribution in [3.05, 3.63) is 85.1 Å². The van der Waals surface area contributed by atoms with E-state index in [0.29, 0.717) is 23.9 Å². The monoisotopic (exact) mass is 860 g/mol. The van der Waals surface area contributed by atoms with E-state index in [1.54, 1.807) is 0 Å². The highest BCUT2D eigenvalue weighted by Crippen LogP contribution is 2.43. The van der Waals surface area contributed by atoms with Crippen molar-refractivity contribution in [3.8, 4) is 0 Å². The molecular formula is C51H92N2O6P+. The molecule has 0 fully saturated rings. The van der Waals surface area contributed by atoms with Gasteiger partial charge in [-0.1, -0.05) is 189 Å². The zero-order valence-corrected chi connectivity index (χ0v) is 40.1. The Labute approximate surface area is 369 Å². The van der Waals surface area contributed by atoms with E-state index in [0.717, 1.165) is 103 Å². The SMILES string of the molecule is CC/C=C\C/C=C\C/C=C\C/C=C\C/C=C\C/C=C\C/C=C\CCCCCCCC(=O)NC(COP(=O)(O)OCC[N+](C)(C)C)C(O)CCCCCCCCCCCCC. The molecule has 0 aliphatic rings. The molecule has 346 valence electrons. The smallest absolute Gasteiger partial charge is 0.391 e. The Hall–Kier alpha value is -2.32. The molecule has 9 heteroatoms. The van der Waals surface area contributed by atoms with Gasteiger partial charge in [0.2, 0.25) is 5.91 Å². The van der Waals surface area contributed by atoms with Crippen LogP contribution in [-0.4, -0.2) is 73.4 Å². The van der Waals surface area contributed by atoms with Crippen LogP contribution in [-0.2, 0) is 18.4 Å². The topological polar surface area (TPSA) is 105 Å². The van der Waals surface area contributed by atoms with Gasteiger partial charge in [0.1, 0.15) is 13.2 Å². The van der Waals surface area contributed by atoms with E-state index in [4.69, 9.17) is 9.05 Å². The molecule has 60 heavy (non-hydrogen) atoms. The second kappa shape index (κ2) is 42.0. The first-order valence-electron chi connectivity index (χ1n) is 24.0. The Morgan fingerprint density at radius 3 is 1.47 bits per heavy atom. The van der Waals surface area contributed by atoms with Crippen LogP contribution in [0.2, 0.25) is 0 Å². The molecule has 8 nitrogen and oxygen atoms in total. The molecule has 0 spiro atoms. The third-order valence-electron chi connectivity index (χ3n) is 10.2. The molecule has 0 bridgehead atoms. The lowest BCUT2D eigenvalue weighted by molar-refractivity contribution is -0.870. The fourth-order valence-electron chi connectivity index (χ4n) is 6.38. The Kier molecular flexibility index (Phi) is 40.4. The third kappa shape index (κ3) is 43.8. The molecule has 3 atom stereocenters. The highest BCUT2D eigenvalue weighted by Gasteiger charge is 2.28. The number of carbonyl (C=O) groups excluding carboxylic acids is 1. The first-order chi connectivity index (χ1) is 29.0. The van der Waals surface area contributed by atoms with Gasteiger partial charge in [0.05, 0.1) is 39.9 Å². The lowest BCUT2D eigenvalue weighted by Gasteiger charge is -2.26. The van der Waals surface area contributed by atoms with Crippen molar-refractivity contribution in [1.82, 2.24) is 5.32 Å². The third-order valence-corrected chi connectivity index (χ3v) is 11.1. The quantitative estimate of drug-likeness (QED) is 0.0244. The molecule has 3 unspecified atom stereocenters. The molecule has 0 heterocycles. The van der Waals surface area contributed by atoms with Crippen LogP contribution in [0, 0.1) is 0 Å². The van der Waals surface area contributed by atoms with Crippen LogP contribution >= 0.6 is 7.82 Å². The van der Waals surface area contributed by atoms with Crippen LogP contribution in [0.15, 0.2) is 85.1 Å². The number of phosphoric ester groups is 1. The highest BCUT2D eigenvalue weighted by atomic mass is 31.2. The number of nitrogens with one attached hydrogen (secondary N) is 1. The van der Waals surface area contributed by atoms with Crippen molar-refractivity contribution in [2.75, 3.05) is 40.9 Å². The predicted molar refractivity (Wildman–Crippen MR) is 258 cm³/mol. The summed E-state index contributed by atoms with van der Waals surface area (Å²) >= 11 is 0. The summed E-state index contributed by atoms with van der Waals surface area (Å²) in [5.41, 5.74) is 0. The molecule has 0 radical (unpaired) electrons. The van der Waals surface area contributed by atoms with Gasteiger partial charge in [-0.25, -0.2) is 4.57 Å². The first kappa shape index (κ1) is 57.7. The van der Waals surface area contributed by atoms with Gasteiger partial charge in [0, 0.05) is 6.42 Å². The van der Waals surface area contributed by atoms with Crippen LogP contribution in [0.1, 0.15) is 181 Å². The van der Waals surface area contributed by atoms with Gasteiger partial charge in [-0.2, -0.15) is 0 Å². The van der Waals surface area contributed by atoms with Crippen molar-refractivity contribution >= 4 is 13.7 Å². The minimum atomic E-state index is -4.32. The number of aliphatic hydroxyl groups is 1. The van der Waals surface area contributed by atoms with Crippen LogP contribution < -0.4 is 5.32 Å². The summed E-state index contributed by atoms with van der Waals surface area (Å²) in [6.45, 7) is 4.72. The summed E-state index contributed by atoms with van der Waals surface area (Å²) in [4.78, 5) is 23.2. The number of aliphatic hydroxyl groups excluding tert-OH is 1. The van der Waals surface area contributed by atoms with Crippen molar-refractivity contribution in [3.63, 3.8) is 0 Å². The number of nitrogens with zero attached hydrogens (tertiary/aromatic N) is 1. The molecule has 0 saturated heterocycles. The number of hydrogen-bond acceptors (Lipinski definition) is 5. The number of carbonyl (C=O) groups is 1. The molecule has 0 aliphatic carbocycles. The van der Waals surface area contributed by atoms with Gasteiger partial charge in [-0.05, 0) is 70.6 Å². The molecule has 0 aromatic carbocycles. The van der Waals surface area contributed by atoms with E-state index >= 15 is 0 Å². The normalized spacial score (nSPS) is 15.0. The summed E-state index contributed by atoms with van der Waals surface area (Å²) in [5, 5.41) is 13.9. The van der Waals surface area contributed by atoms with Gasteiger partial charge in [0.25, 0.3) is 0 Å². The lowest BCUT2D eigenvalue weighted by Crippen LogP contribution is -2.46. The summed E-state index contributed by atoms with van der Waals surface area (Å²) < 4.78 is 23.6. The van der Waals surface area contributed by atoms with Crippen LogP contribution in [0.25, 0.3) is 0 Å². The molecule has 0 aromatic heterocycles. The molecular weight excluding hydrogens is 768 g/mol. The maximum Gasteiger partial charge on any atom is 0.472 e. The van der Waals surface area contributed by atoms with E-state index in [1.165, 1.54) is 51.4 Å². The van der Waals surface area contributed by atoms with Crippen LogP contribution in [0.5, 0.6) is 0 Å². The van der Waals surface area contributed by atoms with E-state index in [-0.39, 0.29) is 19.1 Å². The first-order valence-corrected chi connectivity index (χ1v) is 25.4. The summed E-state index contributed by atoms with van der Waals surface area (Å²) in [6, 6.07) is -0.775. The summed E-state index contributed by atoms with van der Waals surface area (Å²) in [5.74, 6) is -0.169. The van der Waals surface area contributed by atoms with Crippen molar-refractivity contribution in [2.24, 2.45) is 0 Å². The van der Waals surface area contributed by atoms with Crippen molar-refractivity contribution in [2.45, 2.75) is 193 Å². The number of likely N-dealkylation sites (N-methyl/N-ethyl adjacent to an activating group) is 1. The molecule has 0 aliphatic heterocycles. The van der Waals surface area contributed by atoms with Gasteiger partial charge in [-0.15, -0.1) is 0 Å². The standard InChI is InChI=1S/C51H91N2O6P/c1-6-8-10-12-14-16-18-19-20-21-22-23-24-25-26-27-28-29-30-31-32-33-35-37-39-41-43-45-51(55)52-49(48-59-60(56,57)58-47-46-53(3,4)5)50(54)44-42-40-38-36-34-17-15-13-11-9-7-2/h8,10,14,16,19-20,22-23,25-26,28-29,31-32,49-50,54H,6-7,9,11-13,15,17-18,21,24,27,30,33-48H2,1-5H3,(H-,52,55,56,57)/p+1/b10-8-,16-14-,20-19-,23-22-,26-25-,29-28-,32-31-. The van der Waals surface area contributed by atoms with E-state index in [9.17, 15) is 19.4 Å². The lowest BCUT2D eigenvalue weighted by atomic mass is 10.0. The number of rotatable bonds is 42. The summed E-state index contributed by atoms with van der Waals surface area (Å²) in [7, 11) is 1.59. The Morgan fingerprint density at radius 2 is 1.00 bits per heavy atom. The molecule has 3 N–H and O–H groups in total. The fraction of sp³-hybridized carbons (Fsp3) is 0.706. The van der Waals surface area contributed by atoms with Crippen LogP contribution in [0.3, 0.4) is 0 Å². The Morgan fingerprint density at radius 1 is 0.583 bits per heavy atom. The minimum absolute atomic E-state index is 0.0657. The zero-order valence-electron chi connectivity index (χ0n) is 39.2. The van der Waals surface area contributed by atoms with Crippen LogP contribution in [0.4, 0.5) is 0 Å². The number of phosphoric acid groups is 1. The van der Waals surface area contributed by atoms with Gasteiger partial charge in [0.15, 0.2) is 0 Å². The number of amides is 1. The van der Waals surface area contributed by atoms with Gasteiger partial charge in [-0.3, -0.25) is 13.8 Å². The van der Waals surface area contributed by atoms with Gasteiger partial charge >= 0.3 is 7.82 Å². The average molecular weight is 860 g/mol.